The third kappa shape index (κ3) is 6.98. The summed E-state index contributed by atoms with van der Waals surface area (Å²) in [7, 11) is 0. The van der Waals surface area contributed by atoms with Crippen molar-refractivity contribution >= 4 is 11.6 Å². The molecular weight excluding hydrogens is 380 g/mol. The Bertz CT molecular complexity index is 803. The summed E-state index contributed by atoms with van der Waals surface area (Å²) in [5.41, 5.74) is 3.64. The molecule has 0 amide bonds. The van der Waals surface area contributed by atoms with Crippen LogP contribution in [0.3, 0.4) is 0 Å². The maximum atomic E-state index is 6.10. The number of H-pyrrole nitrogens is 1. The van der Waals surface area contributed by atoms with E-state index in [0.29, 0.717) is 5.92 Å². The fourth-order valence-corrected chi connectivity index (χ4v) is 3.97. The fraction of sp³-hybridized carbons (Fsp3) is 0.417. The number of nitrogens with one attached hydrogen (secondary N) is 1. The Labute approximate surface area is 179 Å². The summed E-state index contributed by atoms with van der Waals surface area (Å²) in [5.74, 6) is 0.307. The third-order valence-electron chi connectivity index (χ3n) is 5.30. The van der Waals surface area contributed by atoms with Gasteiger partial charge in [0.2, 0.25) is 0 Å². The molecule has 1 atom stereocenters. The van der Waals surface area contributed by atoms with Crippen LogP contribution in [-0.2, 0) is 6.42 Å². The van der Waals surface area contributed by atoms with Crippen molar-refractivity contribution in [1.29, 1.82) is 0 Å². The van der Waals surface area contributed by atoms with Crippen molar-refractivity contribution in [3.63, 3.8) is 0 Å². The topological polar surface area (TPSA) is 44.8 Å². The van der Waals surface area contributed by atoms with Gasteiger partial charge in [0.15, 0.2) is 0 Å². The first-order chi connectivity index (χ1) is 14.3. The predicted octanol–water partition coefficient (Wildman–Crippen LogP) is 5.72. The van der Waals surface area contributed by atoms with Crippen LogP contribution in [0.1, 0.15) is 55.5 Å². The number of hydrogen-bond donors (Lipinski definition) is 1. The van der Waals surface area contributed by atoms with Crippen molar-refractivity contribution in [2.45, 2.75) is 44.9 Å². The van der Waals surface area contributed by atoms with E-state index in [1.165, 1.54) is 17.7 Å². The van der Waals surface area contributed by atoms with Crippen LogP contribution in [0.15, 0.2) is 61.2 Å². The van der Waals surface area contributed by atoms with E-state index < -0.39 is 0 Å². The quantitative estimate of drug-likeness (QED) is 0.415. The van der Waals surface area contributed by atoms with Gasteiger partial charge < -0.3 is 9.88 Å². The molecule has 0 bridgehead atoms. The van der Waals surface area contributed by atoms with Gasteiger partial charge >= 0.3 is 0 Å². The molecule has 0 saturated heterocycles. The minimum Gasteiger partial charge on any atom is -0.348 e. The number of hydrogen-bond acceptors (Lipinski definition) is 3. The summed E-state index contributed by atoms with van der Waals surface area (Å²) in [4.78, 5) is 14.5. The summed E-state index contributed by atoms with van der Waals surface area (Å²) < 4.78 is 0. The molecule has 0 aliphatic heterocycles. The first kappa shape index (κ1) is 21.5. The number of nitrogens with zero attached hydrogens (tertiary/aromatic N) is 3. The highest BCUT2D eigenvalue weighted by Gasteiger charge is 2.16. The van der Waals surface area contributed by atoms with Crippen LogP contribution in [0.5, 0.6) is 0 Å². The Morgan fingerprint density at radius 2 is 1.86 bits per heavy atom. The molecule has 1 unspecified atom stereocenters. The highest BCUT2D eigenvalue weighted by molar-refractivity contribution is 6.30. The lowest BCUT2D eigenvalue weighted by atomic mass is 9.90. The van der Waals surface area contributed by atoms with Crippen molar-refractivity contribution in [3.05, 3.63) is 83.2 Å². The number of halogens is 1. The number of rotatable bonds is 12. The van der Waals surface area contributed by atoms with E-state index in [4.69, 9.17) is 11.6 Å². The van der Waals surface area contributed by atoms with Crippen molar-refractivity contribution < 1.29 is 0 Å². The standard InChI is InChI=1S/C24H31ClN4/c1-2-15-29(16-5-7-22-18-26-19-28-22)17-6-8-23(24-9-3-4-14-27-24)20-10-12-21(25)13-11-20/h3-4,9-14,18-19,23H,2,5-8,15-17H2,1H3,(H,26,28). The Hall–Kier alpha value is -2.17. The minimum atomic E-state index is 0.307. The first-order valence-corrected chi connectivity index (χ1v) is 11.0. The third-order valence-corrected chi connectivity index (χ3v) is 5.55. The molecule has 3 aromatic rings. The first-order valence-electron chi connectivity index (χ1n) is 10.6. The SMILES string of the molecule is CCCN(CCCc1cnc[nH]1)CCCC(c1ccc(Cl)cc1)c1ccccn1. The number of pyridine rings is 1. The van der Waals surface area contributed by atoms with E-state index in [0.717, 1.165) is 56.0 Å². The van der Waals surface area contributed by atoms with Crippen LogP contribution in [0, 0.1) is 0 Å². The largest absolute Gasteiger partial charge is 0.348 e. The Morgan fingerprint density at radius 1 is 1.03 bits per heavy atom. The average Bonchev–Trinajstić information content (AvgIpc) is 3.26. The number of aryl methyl sites for hydroxylation is 1. The van der Waals surface area contributed by atoms with E-state index >= 15 is 0 Å². The molecule has 5 heteroatoms. The number of imidazole rings is 1. The van der Waals surface area contributed by atoms with Crippen LogP contribution < -0.4 is 0 Å². The van der Waals surface area contributed by atoms with Crippen molar-refractivity contribution in [2.75, 3.05) is 19.6 Å². The maximum Gasteiger partial charge on any atom is 0.0921 e. The zero-order chi connectivity index (χ0) is 20.3. The molecule has 154 valence electrons. The molecule has 3 rings (SSSR count). The molecule has 0 radical (unpaired) electrons. The van der Waals surface area contributed by atoms with Crippen LogP contribution in [0.2, 0.25) is 5.02 Å². The van der Waals surface area contributed by atoms with Gasteiger partial charge in [-0.2, -0.15) is 0 Å². The van der Waals surface area contributed by atoms with Crippen molar-refractivity contribution in [2.24, 2.45) is 0 Å². The highest BCUT2D eigenvalue weighted by atomic mass is 35.5. The molecule has 1 aromatic carbocycles. The molecule has 29 heavy (non-hydrogen) atoms. The van der Waals surface area contributed by atoms with Gasteiger partial charge in [-0.05, 0) is 81.6 Å². The average molecular weight is 411 g/mol. The van der Waals surface area contributed by atoms with Crippen LogP contribution >= 0.6 is 11.6 Å². The smallest absolute Gasteiger partial charge is 0.0921 e. The summed E-state index contributed by atoms with van der Waals surface area (Å²) in [6.45, 7) is 5.65. The molecular formula is C24H31ClN4. The number of benzene rings is 1. The fourth-order valence-electron chi connectivity index (χ4n) is 3.85. The molecule has 0 spiro atoms. The van der Waals surface area contributed by atoms with Crippen LogP contribution in [0.4, 0.5) is 0 Å². The summed E-state index contributed by atoms with van der Waals surface area (Å²) in [6.07, 6.45) is 11.2. The van der Waals surface area contributed by atoms with E-state index in [9.17, 15) is 0 Å². The zero-order valence-corrected chi connectivity index (χ0v) is 18.0. The van der Waals surface area contributed by atoms with Crippen molar-refractivity contribution in [3.8, 4) is 0 Å². The highest BCUT2D eigenvalue weighted by Crippen LogP contribution is 2.29. The second-order valence-corrected chi connectivity index (χ2v) is 7.96. The second kappa shape index (κ2) is 11.7. The Balaban J connectivity index is 1.56. The van der Waals surface area contributed by atoms with Crippen LogP contribution in [0.25, 0.3) is 0 Å². The zero-order valence-electron chi connectivity index (χ0n) is 17.2. The van der Waals surface area contributed by atoms with Gasteiger partial charge in [-0.25, -0.2) is 4.98 Å². The molecule has 0 saturated carbocycles. The monoisotopic (exact) mass is 410 g/mol. The maximum absolute atomic E-state index is 6.10. The van der Waals surface area contributed by atoms with Gasteiger partial charge in [0.05, 0.1) is 6.33 Å². The lowest BCUT2D eigenvalue weighted by Crippen LogP contribution is -2.27. The minimum absolute atomic E-state index is 0.307. The normalized spacial score (nSPS) is 12.4. The van der Waals surface area contributed by atoms with Gasteiger partial charge in [-0.1, -0.05) is 36.7 Å². The number of aromatic nitrogens is 3. The Kier molecular flexibility index (Phi) is 8.72. The lowest BCUT2D eigenvalue weighted by Gasteiger charge is -2.23. The Morgan fingerprint density at radius 3 is 2.55 bits per heavy atom. The molecule has 4 nitrogen and oxygen atoms in total. The summed E-state index contributed by atoms with van der Waals surface area (Å²) >= 11 is 6.10. The van der Waals surface area contributed by atoms with Gasteiger partial charge in [-0.3, -0.25) is 4.98 Å². The van der Waals surface area contributed by atoms with Gasteiger partial charge in [0.1, 0.15) is 0 Å². The molecule has 1 N–H and O–H groups in total. The van der Waals surface area contributed by atoms with E-state index in [1.54, 1.807) is 6.33 Å². The molecule has 0 aliphatic carbocycles. The van der Waals surface area contributed by atoms with E-state index in [-0.39, 0.29) is 0 Å². The molecule has 2 heterocycles. The summed E-state index contributed by atoms with van der Waals surface area (Å²) in [5, 5.41) is 0.778. The molecule has 2 aromatic heterocycles. The predicted molar refractivity (Wildman–Crippen MR) is 120 cm³/mol. The van der Waals surface area contributed by atoms with Gasteiger partial charge in [0.25, 0.3) is 0 Å². The molecule has 0 aliphatic rings. The summed E-state index contributed by atoms with van der Waals surface area (Å²) in [6, 6.07) is 14.4. The van der Waals surface area contributed by atoms with Gasteiger partial charge in [-0.15, -0.1) is 0 Å². The van der Waals surface area contributed by atoms with E-state index in [2.05, 4.69) is 51.0 Å². The second-order valence-electron chi connectivity index (χ2n) is 7.52. The molecule has 0 fully saturated rings. The van der Waals surface area contributed by atoms with Crippen LogP contribution in [-0.4, -0.2) is 39.5 Å². The number of aromatic amines is 1. The van der Waals surface area contributed by atoms with E-state index in [1.807, 2.05) is 30.6 Å². The van der Waals surface area contributed by atoms with Crippen molar-refractivity contribution in [1.82, 2.24) is 19.9 Å². The lowest BCUT2D eigenvalue weighted by molar-refractivity contribution is 0.263. The van der Waals surface area contributed by atoms with Gasteiger partial charge in [0, 0.05) is 34.7 Å².